The van der Waals surface area contributed by atoms with Crippen LogP contribution in [0.4, 0.5) is 0 Å². The lowest BCUT2D eigenvalue weighted by Gasteiger charge is -2.38. The van der Waals surface area contributed by atoms with Gasteiger partial charge >= 0.3 is 0 Å². The predicted octanol–water partition coefficient (Wildman–Crippen LogP) is 1.06. The van der Waals surface area contributed by atoms with E-state index in [1.807, 2.05) is 0 Å². The molecule has 0 spiro atoms. The zero-order valence-electron chi connectivity index (χ0n) is 10.6. The second-order valence-electron chi connectivity index (χ2n) is 4.72. The van der Waals surface area contributed by atoms with Crippen LogP contribution in [-0.4, -0.2) is 37.7 Å². The summed E-state index contributed by atoms with van der Waals surface area (Å²) in [5.74, 6) is 0.0952. The minimum atomic E-state index is 0.0168. The van der Waals surface area contributed by atoms with Crippen LogP contribution in [-0.2, 0) is 9.53 Å². The van der Waals surface area contributed by atoms with Crippen molar-refractivity contribution in [3.05, 3.63) is 0 Å². The first-order valence-electron chi connectivity index (χ1n) is 6.17. The number of carbonyl (C=O) groups excluding carboxylic acids is 1. The molecular weight excluding hydrogens is 204 g/mol. The summed E-state index contributed by atoms with van der Waals surface area (Å²) < 4.78 is 5.77. The van der Waals surface area contributed by atoms with Gasteiger partial charge in [0.1, 0.15) is 0 Å². The van der Waals surface area contributed by atoms with Gasteiger partial charge < -0.3 is 15.4 Å². The summed E-state index contributed by atoms with van der Waals surface area (Å²) in [4.78, 5) is 11.1. The van der Waals surface area contributed by atoms with Crippen LogP contribution in [0.2, 0.25) is 0 Å². The molecular formula is C12H24N2O2. The van der Waals surface area contributed by atoms with Gasteiger partial charge in [-0.25, -0.2) is 0 Å². The monoisotopic (exact) mass is 228 g/mol. The highest BCUT2D eigenvalue weighted by Gasteiger charge is 2.31. The van der Waals surface area contributed by atoms with Crippen molar-refractivity contribution in [1.29, 1.82) is 0 Å². The number of carbonyl (C=O) groups is 1. The van der Waals surface area contributed by atoms with E-state index in [1.54, 1.807) is 7.05 Å². The lowest BCUT2D eigenvalue weighted by molar-refractivity contribution is -0.120. The molecule has 2 unspecified atom stereocenters. The lowest BCUT2D eigenvalue weighted by Crippen LogP contribution is -2.45. The maximum atomic E-state index is 11.1. The molecule has 0 aromatic rings. The fourth-order valence-electron chi connectivity index (χ4n) is 2.07. The summed E-state index contributed by atoms with van der Waals surface area (Å²) in [6.45, 7) is 5.90. The number of rotatable bonds is 5. The molecule has 4 heteroatoms. The molecule has 0 saturated carbocycles. The third-order valence-electron chi connectivity index (χ3n) is 3.41. The Hall–Kier alpha value is -0.610. The van der Waals surface area contributed by atoms with Gasteiger partial charge in [-0.1, -0.05) is 6.92 Å². The molecule has 0 radical (unpaired) electrons. The van der Waals surface area contributed by atoms with E-state index in [0.29, 0.717) is 12.5 Å². The number of hydrogen-bond donors (Lipinski definition) is 2. The van der Waals surface area contributed by atoms with Crippen molar-refractivity contribution in [3.8, 4) is 0 Å². The average Bonchev–Trinajstić information content (AvgIpc) is 2.29. The summed E-state index contributed by atoms with van der Waals surface area (Å²) in [5, 5.41) is 6.06. The van der Waals surface area contributed by atoms with Crippen molar-refractivity contribution in [3.63, 3.8) is 0 Å². The molecule has 2 N–H and O–H groups in total. The summed E-state index contributed by atoms with van der Waals surface area (Å²) in [7, 11) is 1.67. The maximum absolute atomic E-state index is 11.1. The van der Waals surface area contributed by atoms with Crippen LogP contribution in [0.5, 0.6) is 0 Å². The zero-order valence-corrected chi connectivity index (χ0v) is 10.6. The van der Waals surface area contributed by atoms with Gasteiger partial charge in [0.05, 0.1) is 5.60 Å². The highest BCUT2D eigenvalue weighted by Crippen LogP contribution is 2.27. The van der Waals surface area contributed by atoms with Gasteiger partial charge in [-0.3, -0.25) is 4.79 Å². The smallest absolute Gasteiger partial charge is 0.221 e. The third-order valence-corrected chi connectivity index (χ3v) is 3.41. The van der Waals surface area contributed by atoms with Crippen LogP contribution in [0.15, 0.2) is 0 Å². The van der Waals surface area contributed by atoms with Crippen molar-refractivity contribution in [2.24, 2.45) is 0 Å². The first-order chi connectivity index (χ1) is 7.59. The molecule has 0 aliphatic carbocycles. The topological polar surface area (TPSA) is 50.4 Å². The van der Waals surface area contributed by atoms with E-state index in [9.17, 15) is 4.79 Å². The molecule has 0 aromatic carbocycles. The average molecular weight is 228 g/mol. The van der Waals surface area contributed by atoms with E-state index >= 15 is 0 Å². The summed E-state index contributed by atoms with van der Waals surface area (Å²) in [6, 6.07) is 0.489. The summed E-state index contributed by atoms with van der Waals surface area (Å²) >= 11 is 0. The Labute approximate surface area is 98.1 Å². The molecule has 1 saturated heterocycles. The fraction of sp³-hybridized carbons (Fsp3) is 0.917. The number of nitrogens with one attached hydrogen (secondary N) is 2. The molecule has 1 amide bonds. The van der Waals surface area contributed by atoms with Crippen LogP contribution in [0, 0.1) is 0 Å². The van der Waals surface area contributed by atoms with Gasteiger partial charge in [0, 0.05) is 32.7 Å². The number of ether oxygens (including phenoxy) is 1. The highest BCUT2D eigenvalue weighted by atomic mass is 16.5. The molecule has 1 aliphatic rings. The van der Waals surface area contributed by atoms with Crippen molar-refractivity contribution in [2.75, 3.05) is 20.2 Å². The minimum absolute atomic E-state index is 0.0168. The molecule has 94 valence electrons. The zero-order chi connectivity index (χ0) is 12.0. The molecule has 1 heterocycles. The lowest BCUT2D eigenvalue weighted by atomic mass is 9.90. The molecule has 1 fully saturated rings. The molecule has 4 nitrogen and oxygen atoms in total. The van der Waals surface area contributed by atoms with E-state index in [0.717, 1.165) is 32.4 Å². The number of hydrogen-bond acceptors (Lipinski definition) is 3. The Morgan fingerprint density at radius 3 is 2.94 bits per heavy atom. The Morgan fingerprint density at radius 1 is 1.56 bits per heavy atom. The second-order valence-corrected chi connectivity index (χ2v) is 4.72. The van der Waals surface area contributed by atoms with Crippen molar-refractivity contribution < 1.29 is 9.53 Å². The maximum Gasteiger partial charge on any atom is 0.221 e. The molecule has 2 atom stereocenters. The molecule has 0 aromatic heterocycles. The van der Waals surface area contributed by atoms with Crippen LogP contribution in [0.1, 0.15) is 39.5 Å². The largest absolute Gasteiger partial charge is 0.375 e. The normalized spacial score (nSPS) is 30.1. The molecule has 16 heavy (non-hydrogen) atoms. The minimum Gasteiger partial charge on any atom is -0.375 e. The van der Waals surface area contributed by atoms with Gasteiger partial charge in [0.15, 0.2) is 0 Å². The highest BCUT2D eigenvalue weighted by molar-refractivity contribution is 5.75. The third kappa shape index (κ3) is 4.10. The van der Waals surface area contributed by atoms with E-state index < -0.39 is 0 Å². The van der Waals surface area contributed by atoms with E-state index in [4.69, 9.17) is 4.74 Å². The summed E-state index contributed by atoms with van der Waals surface area (Å²) in [5.41, 5.74) is 0.0168. The van der Waals surface area contributed by atoms with E-state index in [1.165, 1.54) is 0 Å². The van der Waals surface area contributed by atoms with Crippen LogP contribution >= 0.6 is 0 Å². The first kappa shape index (κ1) is 13.5. The van der Waals surface area contributed by atoms with Gasteiger partial charge in [0.2, 0.25) is 5.91 Å². The van der Waals surface area contributed by atoms with Gasteiger partial charge in [0.25, 0.3) is 0 Å². The summed E-state index contributed by atoms with van der Waals surface area (Å²) in [6.07, 6.45) is 3.68. The Morgan fingerprint density at radius 2 is 2.31 bits per heavy atom. The quantitative estimate of drug-likeness (QED) is 0.740. The fourth-order valence-corrected chi connectivity index (χ4v) is 2.07. The van der Waals surface area contributed by atoms with Crippen molar-refractivity contribution in [2.45, 2.75) is 51.2 Å². The van der Waals surface area contributed by atoms with Gasteiger partial charge in [-0.2, -0.15) is 0 Å². The second kappa shape index (κ2) is 6.21. The van der Waals surface area contributed by atoms with Crippen molar-refractivity contribution in [1.82, 2.24) is 10.6 Å². The molecule has 0 bridgehead atoms. The molecule has 1 aliphatic heterocycles. The van der Waals surface area contributed by atoms with E-state index in [2.05, 4.69) is 24.5 Å². The Bertz CT molecular complexity index is 233. The van der Waals surface area contributed by atoms with Gasteiger partial charge in [-0.15, -0.1) is 0 Å². The van der Waals surface area contributed by atoms with Crippen molar-refractivity contribution >= 4 is 5.91 Å². The SMILES string of the molecule is CCC1(C)CC(NCCC(=O)NC)CCO1. The van der Waals surface area contributed by atoms with Crippen LogP contribution in [0.3, 0.4) is 0 Å². The Balaban J connectivity index is 2.24. The molecule has 1 rings (SSSR count). The standard InChI is InChI=1S/C12H24N2O2/c1-4-12(2)9-10(6-8-16-12)14-7-5-11(15)13-3/h10,14H,4-9H2,1-3H3,(H,13,15). The predicted molar refractivity (Wildman–Crippen MR) is 64.4 cm³/mol. The van der Waals surface area contributed by atoms with Crippen LogP contribution < -0.4 is 10.6 Å². The first-order valence-corrected chi connectivity index (χ1v) is 6.17. The Kier molecular flexibility index (Phi) is 5.22. The number of amides is 1. The van der Waals surface area contributed by atoms with Gasteiger partial charge in [-0.05, 0) is 26.2 Å². The van der Waals surface area contributed by atoms with E-state index in [-0.39, 0.29) is 11.5 Å². The van der Waals surface area contributed by atoms with Crippen LogP contribution in [0.25, 0.3) is 0 Å².